The van der Waals surface area contributed by atoms with Gasteiger partial charge in [0.05, 0.1) is 10.9 Å². The zero-order valence-corrected chi connectivity index (χ0v) is 18.0. The van der Waals surface area contributed by atoms with Crippen LogP contribution in [0, 0.1) is 11.7 Å². The minimum absolute atomic E-state index is 0.00175. The van der Waals surface area contributed by atoms with Crippen molar-refractivity contribution in [1.82, 2.24) is 9.55 Å². The fourth-order valence-electron chi connectivity index (χ4n) is 3.08. The highest BCUT2D eigenvalue weighted by atomic mass is 79.9. The Bertz CT molecular complexity index is 1120. The van der Waals surface area contributed by atoms with Gasteiger partial charge in [-0.25, -0.2) is 0 Å². The molecule has 0 aliphatic carbocycles. The molecule has 0 aliphatic rings. The average Bonchev–Trinajstić information content (AvgIpc) is 2.67. The lowest BCUT2D eigenvalue weighted by Gasteiger charge is -2.09. The maximum atomic E-state index is 12.6. The molecule has 0 saturated heterocycles. The summed E-state index contributed by atoms with van der Waals surface area (Å²) < 4.78 is 3.06. The van der Waals surface area contributed by atoms with Crippen LogP contribution in [0.15, 0.2) is 51.7 Å². The number of amides is 1. The average molecular weight is 460 g/mol. The van der Waals surface area contributed by atoms with E-state index in [1.54, 1.807) is 10.6 Å². The van der Waals surface area contributed by atoms with E-state index >= 15 is 0 Å². The van der Waals surface area contributed by atoms with Crippen molar-refractivity contribution in [2.45, 2.75) is 39.2 Å². The van der Waals surface area contributed by atoms with Crippen LogP contribution in [0.4, 0.5) is 5.69 Å². The molecule has 5 nitrogen and oxygen atoms in total. The molecule has 0 unspecified atom stereocenters. The highest BCUT2D eigenvalue weighted by Crippen LogP contribution is 2.20. The van der Waals surface area contributed by atoms with E-state index in [4.69, 9.17) is 12.2 Å². The van der Waals surface area contributed by atoms with Crippen molar-refractivity contribution >= 4 is 50.6 Å². The van der Waals surface area contributed by atoms with Crippen molar-refractivity contribution < 1.29 is 4.79 Å². The van der Waals surface area contributed by atoms with Gasteiger partial charge >= 0.3 is 0 Å². The van der Waals surface area contributed by atoms with E-state index in [0.29, 0.717) is 23.1 Å². The first-order valence-corrected chi connectivity index (χ1v) is 10.4. The standard InChI is InChI=1S/C21H22BrN3O2S/c1-14-13-15(10-11-17(14)22)23-19(26)9-3-2-6-12-25-20(27)16-7-4-5-8-18(16)24-21(25)28/h4-5,7-8,10-11,13H,2-3,6,9,12H2,1H3,(H,23,26)(H,24,28). The van der Waals surface area contributed by atoms with E-state index in [1.165, 1.54) is 0 Å². The van der Waals surface area contributed by atoms with Crippen LogP contribution in [0.2, 0.25) is 0 Å². The summed E-state index contributed by atoms with van der Waals surface area (Å²) in [5.41, 5.74) is 2.58. The topological polar surface area (TPSA) is 66.9 Å². The molecule has 0 atom stereocenters. The molecule has 0 saturated carbocycles. The van der Waals surface area contributed by atoms with Gasteiger partial charge in [-0.15, -0.1) is 0 Å². The molecule has 1 heterocycles. The number of carbonyl (C=O) groups excluding carboxylic acids is 1. The van der Waals surface area contributed by atoms with Gasteiger partial charge in [-0.3, -0.25) is 14.2 Å². The highest BCUT2D eigenvalue weighted by molar-refractivity contribution is 9.10. The number of rotatable bonds is 7. The maximum Gasteiger partial charge on any atom is 0.262 e. The van der Waals surface area contributed by atoms with Crippen LogP contribution in [-0.2, 0) is 11.3 Å². The first-order chi connectivity index (χ1) is 13.5. The summed E-state index contributed by atoms with van der Waals surface area (Å²) in [6, 6.07) is 13.1. The second kappa shape index (κ2) is 9.30. The number of halogens is 1. The Kier molecular flexibility index (Phi) is 6.80. The number of aromatic amines is 1. The van der Waals surface area contributed by atoms with Crippen molar-refractivity contribution in [2.75, 3.05) is 5.32 Å². The number of hydrogen-bond donors (Lipinski definition) is 2. The van der Waals surface area contributed by atoms with Gasteiger partial charge in [-0.05, 0) is 67.9 Å². The molecule has 0 radical (unpaired) electrons. The first kappa shape index (κ1) is 20.5. The number of unbranched alkanes of at least 4 members (excludes halogenated alkanes) is 2. The van der Waals surface area contributed by atoms with E-state index < -0.39 is 0 Å². The van der Waals surface area contributed by atoms with Gasteiger partial charge in [0, 0.05) is 23.1 Å². The van der Waals surface area contributed by atoms with Crippen LogP contribution >= 0.6 is 28.1 Å². The molecular weight excluding hydrogens is 438 g/mol. The van der Waals surface area contributed by atoms with Gasteiger partial charge in [0.25, 0.3) is 5.56 Å². The number of aromatic nitrogens is 2. The minimum atomic E-state index is -0.0669. The van der Waals surface area contributed by atoms with Crippen molar-refractivity contribution in [2.24, 2.45) is 0 Å². The number of para-hydroxylation sites is 1. The van der Waals surface area contributed by atoms with E-state index in [1.807, 2.05) is 43.3 Å². The molecule has 2 aromatic carbocycles. The Labute approximate surface area is 176 Å². The monoisotopic (exact) mass is 459 g/mol. The first-order valence-electron chi connectivity index (χ1n) is 9.23. The zero-order valence-electron chi connectivity index (χ0n) is 15.6. The Morgan fingerprint density at radius 2 is 1.96 bits per heavy atom. The SMILES string of the molecule is Cc1cc(NC(=O)CCCCCn2c(=S)[nH]c3ccccc3c2=O)ccc1Br. The molecule has 0 aliphatic heterocycles. The Morgan fingerprint density at radius 3 is 2.75 bits per heavy atom. The maximum absolute atomic E-state index is 12.6. The van der Waals surface area contributed by atoms with Gasteiger partial charge in [-0.2, -0.15) is 0 Å². The van der Waals surface area contributed by atoms with Gasteiger partial charge in [-0.1, -0.05) is 34.5 Å². The quantitative estimate of drug-likeness (QED) is 0.370. The number of aryl methyl sites for hydroxylation is 1. The normalized spacial score (nSPS) is 10.9. The zero-order chi connectivity index (χ0) is 20.1. The van der Waals surface area contributed by atoms with Gasteiger partial charge in [0.15, 0.2) is 4.77 Å². The van der Waals surface area contributed by atoms with Gasteiger partial charge in [0.1, 0.15) is 0 Å². The number of nitrogens with one attached hydrogen (secondary N) is 2. The lowest BCUT2D eigenvalue weighted by Crippen LogP contribution is -2.22. The molecule has 3 rings (SSSR count). The van der Waals surface area contributed by atoms with E-state index in [-0.39, 0.29) is 11.5 Å². The summed E-state index contributed by atoms with van der Waals surface area (Å²) in [5, 5.41) is 3.56. The molecule has 7 heteroatoms. The molecule has 146 valence electrons. The van der Waals surface area contributed by atoms with Gasteiger partial charge < -0.3 is 10.3 Å². The number of benzene rings is 2. The fraction of sp³-hybridized carbons (Fsp3) is 0.286. The van der Waals surface area contributed by atoms with Crippen LogP contribution in [0.25, 0.3) is 10.9 Å². The fourth-order valence-corrected chi connectivity index (χ4v) is 3.61. The number of carbonyl (C=O) groups is 1. The second-order valence-corrected chi connectivity index (χ2v) is 8.00. The minimum Gasteiger partial charge on any atom is -0.332 e. The van der Waals surface area contributed by atoms with E-state index in [0.717, 1.165) is 40.5 Å². The molecule has 2 N–H and O–H groups in total. The van der Waals surface area contributed by atoms with Crippen LogP contribution in [-0.4, -0.2) is 15.5 Å². The van der Waals surface area contributed by atoms with Crippen molar-refractivity contribution in [3.63, 3.8) is 0 Å². The van der Waals surface area contributed by atoms with Gasteiger partial charge in [0.2, 0.25) is 5.91 Å². The number of hydrogen-bond acceptors (Lipinski definition) is 3. The number of fused-ring (bicyclic) bond motifs is 1. The highest BCUT2D eigenvalue weighted by Gasteiger charge is 2.06. The predicted molar refractivity (Wildman–Crippen MR) is 119 cm³/mol. The van der Waals surface area contributed by atoms with Crippen molar-refractivity contribution in [3.8, 4) is 0 Å². The molecule has 1 amide bonds. The summed E-state index contributed by atoms with van der Waals surface area (Å²) in [7, 11) is 0. The molecule has 1 aromatic heterocycles. The van der Waals surface area contributed by atoms with E-state index in [2.05, 4.69) is 26.2 Å². The molecule has 0 fully saturated rings. The third-order valence-electron chi connectivity index (χ3n) is 4.62. The Hall–Kier alpha value is -2.25. The molecular formula is C21H22BrN3O2S. The smallest absolute Gasteiger partial charge is 0.262 e. The lowest BCUT2D eigenvalue weighted by molar-refractivity contribution is -0.116. The summed E-state index contributed by atoms with van der Waals surface area (Å²) in [6.45, 7) is 2.53. The van der Waals surface area contributed by atoms with Crippen LogP contribution in [0.1, 0.15) is 31.2 Å². The number of anilines is 1. The third kappa shape index (κ3) is 4.97. The molecule has 28 heavy (non-hydrogen) atoms. The van der Waals surface area contributed by atoms with Crippen LogP contribution in [0.5, 0.6) is 0 Å². The van der Waals surface area contributed by atoms with E-state index in [9.17, 15) is 9.59 Å². The van der Waals surface area contributed by atoms with Crippen LogP contribution < -0.4 is 10.9 Å². The molecule has 0 spiro atoms. The second-order valence-electron chi connectivity index (χ2n) is 6.76. The molecule has 3 aromatic rings. The largest absolute Gasteiger partial charge is 0.332 e. The van der Waals surface area contributed by atoms with Crippen LogP contribution in [0.3, 0.4) is 0 Å². The van der Waals surface area contributed by atoms with Crippen molar-refractivity contribution in [3.05, 3.63) is 67.6 Å². The Morgan fingerprint density at radius 1 is 1.18 bits per heavy atom. The summed E-state index contributed by atoms with van der Waals surface area (Å²) in [6.07, 6.45) is 2.86. The molecule has 0 bridgehead atoms. The Balaban J connectivity index is 1.49. The number of H-pyrrole nitrogens is 1. The van der Waals surface area contributed by atoms with Crippen molar-refractivity contribution in [1.29, 1.82) is 0 Å². The lowest BCUT2D eigenvalue weighted by atomic mass is 10.1. The third-order valence-corrected chi connectivity index (χ3v) is 5.83. The summed E-state index contributed by atoms with van der Waals surface area (Å²) >= 11 is 8.77. The summed E-state index contributed by atoms with van der Waals surface area (Å²) in [4.78, 5) is 27.8. The summed E-state index contributed by atoms with van der Waals surface area (Å²) in [5.74, 6) is 0.00175. The number of nitrogens with zero attached hydrogens (tertiary/aromatic N) is 1. The predicted octanol–water partition coefficient (Wildman–Crippen LogP) is 5.33.